The highest BCUT2D eigenvalue weighted by Crippen LogP contribution is 2.40. The molecule has 2 atom stereocenters. The number of likely N-dealkylation sites (tertiary alicyclic amines) is 1. The molecule has 1 aromatic carbocycles. The van der Waals surface area contributed by atoms with Crippen molar-refractivity contribution >= 4 is 35.1 Å². The van der Waals surface area contributed by atoms with Crippen LogP contribution in [0.2, 0.25) is 10.0 Å². The van der Waals surface area contributed by atoms with Crippen molar-refractivity contribution in [3.63, 3.8) is 0 Å². The number of rotatable bonds is 3. The average Bonchev–Trinajstić information content (AvgIpc) is 2.40. The molecule has 1 aromatic rings. The second-order valence-electron chi connectivity index (χ2n) is 4.77. The van der Waals surface area contributed by atoms with Gasteiger partial charge in [-0.1, -0.05) is 23.2 Å². The Balaban J connectivity index is 2.52. The molecule has 1 heterocycles. The third-order valence-electron chi connectivity index (χ3n) is 3.64. The number of halogens is 2. The highest BCUT2D eigenvalue weighted by atomic mass is 35.5. The minimum Gasteiger partial charge on any atom is -0.481 e. The zero-order valence-electron chi connectivity index (χ0n) is 11.0. The summed E-state index contributed by atoms with van der Waals surface area (Å²) in [4.78, 5) is 25.1. The van der Waals surface area contributed by atoms with Crippen LogP contribution in [0.15, 0.2) is 18.2 Å². The number of carbonyl (C=O) groups is 2. The van der Waals surface area contributed by atoms with E-state index in [1.807, 2.05) is 6.92 Å². The van der Waals surface area contributed by atoms with Crippen molar-refractivity contribution in [2.45, 2.75) is 25.8 Å². The van der Waals surface area contributed by atoms with Crippen LogP contribution in [0.5, 0.6) is 0 Å². The lowest BCUT2D eigenvalue weighted by Crippen LogP contribution is -2.45. The molecule has 4 nitrogen and oxygen atoms in total. The van der Waals surface area contributed by atoms with Crippen LogP contribution in [-0.4, -0.2) is 28.4 Å². The van der Waals surface area contributed by atoms with Crippen molar-refractivity contribution in [1.29, 1.82) is 0 Å². The van der Waals surface area contributed by atoms with Crippen LogP contribution in [0.3, 0.4) is 0 Å². The fraction of sp³-hybridized carbons (Fsp3) is 0.429. The van der Waals surface area contributed by atoms with E-state index in [1.54, 1.807) is 23.1 Å². The molecule has 1 N–H and O–H groups in total. The number of carbonyl (C=O) groups excluding carboxylic acids is 1. The van der Waals surface area contributed by atoms with Crippen LogP contribution in [0.4, 0.5) is 0 Å². The Morgan fingerprint density at radius 1 is 1.45 bits per heavy atom. The zero-order chi connectivity index (χ0) is 14.9. The lowest BCUT2D eigenvalue weighted by atomic mass is 9.84. The number of benzene rings is 1. The van der Waals surface area contributed by atoms with Gasteiger partial charge in [0.15, 0.2) is 0 Å². The molecule has 0 aliphatic carbocycles. The molecule has 2 unspecified atom stereocenters. The predicted octanol–water partition coefficient (Wildman–Crippen LogP) is 3.38. The zero-order valence-corrected chi connectivity index (χ0v) is 12.5. The molecule has 108 valence electrons. The Morgan fingerprint density at radius 2 is 2.15 bits per heavy atom. The normalized spacial score (nSPS) is 22.9. The van der Waals surface area contributed by atoms with Crippen molar-refractivity contribution in [1.82, 2.24) is 4.90 Å². The molecule has 0 bridgehead atoms. The van der Waals surface area contributed by atoms with E-state index in [-0.39, 0.29) is 12.3 Å². The number of aliphatic carboxylic acids is 1. The van der Waals surface area contributed by atoms with Gasteiger partial charge < -0.3 is 10.0 Å². The number of carboxylic acids is 1. The van der Waals surface area contributed by atoms with Gasteiger partial charge in [-0.2, -0.15) is 0 Å². The van der Waals surface area contributed by atoms with Gasteiger partial charge in [0.2, 0.25) is 5.91 Å². The van der Waals surface area contributed by atoms with Gasteiger partial charge in [0.1, 0.15) is 0 Å². The number of nitrogens with zero attached hydrogens (tertiary/aromatic N) is 1. The third-order valence-corrected chi connectivity index (χ3v) is 4.22. The summed E-state index contributed by atoms with van der Waals surface area (Å²) in [5, 5.41) is 10.3. The SMILES string of the molecule is CCN1C(=O)CCC(C(=O)O)C1c1cc(Cl)ccc1Cl. The summed E-state index contributed by atoms with van der Waals surface area (Å²) in [6.45, 7) is 2.27. The van der Waals surface area contributed by atoms with Crippen LogP contribution in [-0.2, 0) is 9.59 Å². The molecule has 1 aliphatic rings. The third kappa shape index (κ3) is 2.76. The molecule has 2 rings (SSSR count). The van der Waals surface area contributed by atoms with E-state index in [2.05, 4.69) is 0 Å². The lowest BCUT2D eigenvalue weighted by Gasteiger charge is -2.39. The maximum atomic E-state index is 12.0. The van der Waals surface area contributed by atoms with Crippen LogP contribution in [0.25, 0.3) is 0 Å². The van der Waals surface area contributed by atoms with Gasteiger partial charge in [-0.05, 0) is 37.1 Å². The topological polar surface area (TPSA) is 57.6 Å². The first kappa shape index (κ1) is 15.1. The summed E-state index contributed by atoms with van der Waals surface area (Å²) in [5.74, 6) is -1.63. The lowest BCUT2D eigenvalue weighted by molar-refractivity contribution is -0.151. The molecule has 0 saturated carbocycles. The molecule has 0 aromatic heterocycles. The molecular formula is C14H15Cl2NO3. The molecule has 1 saturated heterocycles. The molecule has 6 heteroatoms. The standard InChI is InChI=1S/C14H15Cl2NO3/c1-2-17-12(18)6-4-9(14(19)20)13(17)10-7-8(15)3-5-11(10)16/h3,5,7,9,13H,2,4,6H2,1H3,(H,19,20). The number of piperidine rings is 1. The van der Waals surface area contributed by atoms with Gasteiger partial charge >= 0.3 is 5.97 Å². The second-order valence-corrected chi connectivity index (χ2v) is 5.62. The maximum absolute atomic E-state index is 12.0. The minimum atomic E-state index is -0.919. The summed E-state index contributed by atoms with van der Waals surface area (Å²) < 4.78 is 0. The highest BCUT2D eigenvalue weighted by Gasteiger charge is 2.40. The minimum absolute atomic E-state index is 0.0500. The van der Waals surface area contributed by atoms with Gasteiger partial charge in [-0.15, -0.1) is 0 Å². The van der Waals surface area contributed by atoms with E-state index < -0.39 is 17.9 Å². The molecular weight excluding hydrogens is 301 g/mol. The number of amides is 1. The van der Waals surface area contributed by atoms with E-state index in [0.29, 0.717) is 28.6 Å². The molecule has 20 heavy (non-hydrogen) atoms. The van der Waals surface area contributed by atoms with Gasteiger partial charge in [-0.3, -0.25) is 9.59 Å². The summed E-state index contributed by atoms with van der Waals surface area (Å²) in [7, 11) is 0. The molecule has 1 amide bonds. The van der Waals surface area contributed by atoms with E-state index in [9.17, 15) is 14.7 Å². The van der Waals surface area contributed by atoms with E-state index >= 15 is 0 Å². The summed E-state index contributed by atoms with van der Waals surface area (Å²) in [5.41, 5.74) is 0.599. The quantitative estimate of drug-likeness (QED) is 0.930. The first-order valence-electron chi connectivity index (χ1n) is 6.43. The predicted molar refractivity (Wildman–Crippen MR) is 76.9 cm³/mol. The maximum Gasteiger partial charge on any atom is 0.308 e. The smallest absolute Gasteiger partial charge is 0.308 e. The summed E-state index contributed by atoms with van der Waals surface area (Å²) >= 11 is 12.2. The van der Waals surface area contributed by atoms with E-state index in [4.69, 9.17) is 23.2 Å². The number of hydrogen-bond acceptors (Lipinski definition) is 2. The number of carboxylic acid groups (broad SMARTS) is 1. The second kappa shape index (κ2) is 6.02. The first-order chi connectivity index (χ1) is 9.45. The fourth-order valence-electron chi connectivity index (χ4n) is 2.71. The molecule has 1 aliphatic heterocycles. The summed E-state index contributed by atoms with van der Waals surface area (Å²) in [6.07, 6.45) is 0.567. The molecule has 0 radical (unpaired) electrons. The van der Waals surface area contributed by atoms with Crippen LogP contribution < -0.4 is 0 Å². The van der Waals surface area contributed by atoms with Gasteiger partial charge in [0.25, 0.3) is 0 Å². The Labute approximate surface area is 127 Å². The Hall–Kier alpha value is -1.26. The Morgan fingerprint density at radius 3 is 2.75 bits per heavy atom. The Kier molecular flexibility index (Phi) is 4.55. The highest BCUT2D eigenvalue weighted by molar-refractivity contribution is 6.33. The van der Waals surface area contributed by atoms with E-state index in [1.165, 1.54) is 0 Å². The van der Waals surface area contributed by atoms with Gasteiger partial charge in [0.05, 0.1) is 12.0 Å². The van der Waals surface area contributed by atoms with Crippen molar-refractivity contribution in [3.05, 3.63) is 33.8 Å². The average molecular weight is 316 g/mol. The summed E-state index contributed by atoms with van der Waals surface area (Å²) in [6, 6.07) is 4.35. The van der Waals surface area contributed by atoms with Crippen LogP contribution in [0, 0.1) is 5.92 Å². The van der Waals surface area contributed by atoms with Crippen molar-refractivity contribution in [2.75, 3.05) is 6.54 Å². The van der Waals surface area contributed by atoms with Gasteiger partial charge in [0, 0.05) is 23.0 Å². The van der Waals surface area contributed by atoms with Crippen LogP contribution >= 0.6 is 23.2 Å². The molecule has 0 spiro atoms. The largest absolute Gasteiger partial charge is 0.481 e. The van der Waals surface area contributed by atoms with Gasteiger partial charge in [-0.25, -0.2) is 0 Å². The van der Waals surface area contributed by atoms with Crippen molar-refractivity contribution < 1.29 is 14.7 Å². The fourth-order valence-corrected chi connectivity index (χ4v) is 3.12. The number of hydrogen-bond donors (Lipinski definition) is 1. The van der Waals surface area contributed by atoms with Crippen molar-refractivity contribution in [3.8, 4) is 0 Å². The van der Waals surface area contributed by atoms with E-state index in [0.717, 1.165) is 0 Å². The Bertz CT molecular complexity index is 545. The first-order valence-corrected chi connectivity index (χ1v) is 7.18. The molecule has 1 fully saturated rings. The van der Waals surface area contributed by atoms with Crippen LogP contribution in [0.1, 0.15) is 31.4 Å². The van der Waals surface area contributed by atoms with Crippen molar-refractivity contribution in [2.24, 2.45) is 5.92 Å². The monoisotopic (exact) mass is 315 g/mol.